The van der Waals surface area contributed by atoms with Crippen molar-refractivity contribution < 1.29 is 13.5 Å². The lowest BCUT2D eigenvalue weighted by atomic mass is 10.0. The molecule has 3 aromatic carbocycles. The molecular weight excluding hydrogens is 358 g/mol. The molecule has 0 heterocycles. The van der Waals surface area contributed by atoms with Gasteiger partial charge in [-0.3, -0.25) is 0 Å². The summed E-state index contributed by atoms with van der Waals surface area (Å²) >= 11 is 0. The van der Waals surface area contributed by atoms with Gasteiger partial charge in [0.25, 0.3) is 0 Å². The fourth-order valence-electron chi connectivity index (χ4n) is 3.08. The van der Waals surface area contributed by atoms with Crippen molar-refractivity contribution in [3.05, 3.63) is 90.0 Å². The molecule has 0 fully saturated rings. The average molecular weight is 381 g/mol. The molecule has 27 heavy (non-hydrogen) atoms. The third-order valence-corrected chi connectivity index (χ3v) is 6.38. The zero-order valence-electron chi connectivity index (χ0n) is 15.2. The molecule has 4 nitrogen and oxygen atoms in total. The van der Waals surface area contributed by atoms with Gasteiger partial charge in [-0.1, -0.05) is 55.5 Å². The second-order valence-corrected chi connectivity index (χ2v) is 8.28. The largest absolute Gasteiger partial charge is 0.508 e. The van der Waals surface area contributed by atoms with E-state index in [4.69, 9.17) is 0 Å². The maximum Gasteiger partial charge on any atom is 0.206 e. The summed E-state index contributed by atoms with van der Waals surface area (Å²) in [6.07, 6.45) is 0.759. The van der Waals surface area contributed by atoms with Crippen LogP contribution in [-0.4, -0.2) is 13.5 Å². The van der Waals surface area contributed by atoms with Gasteiger partial charge < -0.3 is 10.4 Å². The standard InChI is InChI=1S/C22H23NO3S/c1-2-21(23-16-17-8-4-3-5-9-17)20-10-6-7-11-22(20)27(25,26)19-14-12-18(24)13-15-19/h3-15,21,23-24H,2,16H2,1H3. The molecule has 0 aromatic heterocycles. The summed E-state index contributed by atoms with van der Waals surface area (Å²) in [5, 5.41) is 12.9. The highest BCUT2D eigenvalue weighted by Crippen LogP contribution is 2.30. The zero-order valence-corrected chi connectivity index (χ0v) is 16.0. The van der Waals surface area contributed by atoms with Gasteiger partial charge in [-0.25, -0.2) is 8.42 Å². The Balaban J connectivity index is 1.93. The molecule has 2 N–H and O–H groups in total. The number of phenols is 1. The normalized spacial score (nSPS) is 12.6. The van der Waals surface area contributed by atoms with Crippen molar-refractivity contribution in [3.63, 3.8) is 0 Å². The molecule has 1 atom stereocenters. The van der Waals surface area contributed by atoms with Gasteiger partial charge in [-0.05, 0) is 47.9 Å². The summed E-state index contributed by atoms with van der Waals surface area (Å²) in [4.78, 5) is 0.466. The first-order valence-electron chi connectivity index (χ1n) is 8.92. The molecule has 0 spiro atoms. The quantitative estimate of drug-likeness (QED) is 0.634. The van der Waals surface area contributed by atoms with E-state index in [0.717, 1.165) is 17.5 Å². The van der Waals surface area contributed by atoms with Gasteiger partial charge >= 0.3 is 0 Å². The van der Waals surface area contributed by atoms with Gasteiger partial charge in [0.15, 0.2) is 0 Å². The van der Waals surface area contributed by atoms with Crippen LogP contribution >= 0.6 is 0 Å². The number of sulfone groups is 1. The Bertz CT molecular complexity index is 984. The van der Waals surface area contributed by atoms with Crippen molar-refractivity contribution in [2.45, 2.75) is 35.7 Å². The van der Waals surface area contributed by atoms with Crippen molar-refractivity contribution in [3.8, 4) is 5.75 Å². The van der Waals surface area contributed by atoms with Crippen LogP contribution in [0.3, 0.4) is 0 Å². The summed E-state index contributed by atoms with van der Waals surface area (Å²) in [5.74, 6) is 0.0400. The van der Waals surface area contributed by atoms with Crippen LogP contribution in [0.15, 0.2) is 88.7 Å². The summed E-state index contributed by atoms with van der Waals surface area (Å²) in [6.45, 7) is 2.69. The predicted molar refractivity (Wildman–Crippen MR) is 106 cm³/mol. The van der Waals surface area contributed by atoms with E-state index in [-0.39, 0.29) is 16.7 Å². The maximum absolute atomic E-state index is 13.2. The van der Waals surface area contributed by atoms with E-state index in [1.54, 1.807) is 12.1 Å². The molecular formula is C22H23NO3S. The number of aromatic hydroxyl groups is 1. The molecule has 3 rings (SSSR count). The van der Waals surface area contributed by atoms with Crippen LogP contribution in [0, 0.1) is 0 Å². The predicted octanol–water partition coefficient (Wildman–Crippen LogP) is 4.47. The summed E-state index contributed by atoms with van der Waals surface area (Å²) in [5.41, 5.74) is 1.90. The van der Waals surface area contributed by atoms with Gasteiger partial charge in [-0.2, -0.15) is 0 Å². The van der Waals surface area contributed by atoms with Crippen molar-refractivity contribution in [2.24, 2.45) is 0 Å². The Morgan fingerprint density at radius 3 is 2.19 bits per heavy atom. The highest BCUT2D eigenvalue weighted by atomic mass is 32.2. The number of hydrogen-bond acceptors (Lipinski definition) is 4. The summed E-state index contributed by atoms with van der Waals surface area (Å²) < 4.78 is 26.3. The van der Waals surface area contributed by atoms with E-state index in [2.05, 4.69) is 5.32 Å². The van der Waals surface area contributed by atoms with Gasteiger partial charge in [-0.15, -0.1) is 0 Å². The molecule has 5 heteroatoms. The van der Waals surface area contributed by atoms with Gasteiger partial charge in [0.1, 0.15) is 5.75 Å². The fourth-order valence-corrected chi connectivity index (χ4v) is 4.60. The van der Waals surface area contributed by atoms with Crippen LogP contribution in [0.4, 0.5) is 0 Å². The van der Waals surface area contributed by atoms with Crippen LogP contribution in [0.2, 0.25) is 0 Å². The van der Waals surface area contributed by atoms with E-state index in [1.807, 2.05) is 49.4 Å². The highest BCUT2D eigenvalue weighted by Gasteiger charge is 2.24. The Morgan fingerprint density at radius 1 is 0.889 bits per heavy atom. The molecule has 0 saturated carbocycles. The van der Waals surface area contributed by atoms with Crippen molar-refractivity contribution >= 4 is 9.84 Å². The molecule has 0 aliphatic carbocycles. The molecule has 0 aliphatic heterocycles. The van der Waals surface area contributed by atoms with Crippen LogP contribution < -0.4 is 5.32 Å². The van der Waals surface area contributed by atoms with E-state index < -0.39 is 9.84 Å². The van der Waals surface area contributed by atoms with E-state index in [0.29, 0.717) is 11.4 Å². The Labute approximate surface area is 160 Å². The molecule has 0 bridgehead atoms. The monoisotopic (exact) mass is 381 g/mol. The number of nitrogens with one attached hydrogen (secondary N) is 1. The molecule has 0 aliphatic rings. The Kier molecular flexibility index (Phi) is 5.94. The smallest absolute Gasteiger partial charge is 0.206 e. The molecule has 0 amide bonds. The van der Waals surface area contributed by atoms with Gasteiger partial charge in [0.05, 0.1) is 9.79 Å². The number of benzene rings is 3. The fraction of sp³-hybridized carbons (Fsp3) is 0.182. The molecule has 0 radical (unpaired) electrons. The minimum Gasteiger partial charge on any atom is -0.508 e. The minimum absolute atomic E-state index is 0.0400. The lowest BCUT2D eigenvalue weighted by Crippen LogP contribution is -2.22. The van der Waals surface area contributed by atoms with Crippen molar-refractivity contribution in [1.82, 2.24) is 5.32 Å². The minimum atomic E-state index is -3.68. The molecule has 1 unspecified atom stereocenters. The number of phenolic OH excluding ortho intramolecular Hbond substituents is 1. The molecule has 0 saturated heterocycles. The zero-order chi connectivity index (χ0) is 19.3. The average Bonchev–Trinajstić information content (AvgIpc) is 2.70. The third kappa shape index (κ3) is 4.38. The molecule has 140 valence electrons. The van der Waals surface area contributed by atoms with E-state index in [9.17, 15) is 13.5 Å². The second kappa shape index (κ2) is 8.37. The lowest BCUT2D eigenvalue weighted by Gasteiger charge is -2.21. The first-order chi connectivity index (χ1) is 13.0. The van der Waals surface area contributed by atoms with E-state index in [1.165, 1.54) is 24.3 Å². The van der Waals surface area contributed by atoms with Crippen LogP contribution in [0.5, 0.6) is 5.75 Å². The van der Waals surface area contributed by atoms with Crippen LogP contribution in [-0.2, 0) is 16.4 Å². The van der Waals surface area contributed by atoms with Crippen molar-refractivity contribution in [2.75, 3.05) is 0 Å². The summed E-state index contributed by atoms with van der Waals surface area (Å²) in [6, 6.07) is 22.7. The van der Waals surface area contributed by atoms with E-state index >= 15 is 0 Å². The lowest BCUT2D eigenvalue weighted by molar-refractivity contribution is 0.474. The van der Waals surface area contributed by atoms with Gasteiger partial charge in [0, 0.05) is 12.6 Å². The Hall–Kier alpha value is -2.63. The highest BCUT2D eigenvalue weighted by molar-refractivity contribution is 7.91. The number of rotatable bonds is 7. The van der Waals surface area contributed by atoms with Crippen LogP contribution in [0.25, 0.3) is 0 Å². The second-order valence-electron chi connectivity index (χ2n) is 6.36. The first-order valence-corrected chi connectivity index (χ1v) is 10.4. The van der Waals surface area contributed by atoms with Crippen LogP contribution in [0.1, 0.15) is 30.5 Å². The maximum atomic E-state index is 13.2. The van der Waals surface area contributed by atoms with Crippen molar-refractivity contribution in [1.29, 1.82) is 0 Å². The number of hydrogen-bond donors (Lipinski definition) is 2. The summed E-state index contributed by atoms with van der Waals surface area (Å²) in [7, 11) is -3.68. The first kappa shape index (κ1) is 19.1. The third-order valence-electron chi connectivity index (χ3n) is 4.53. The van der Waals surface area contributed by atoms with Gasteiger partial charge in [0.2, 0.25) is 9.84 Å². The SMILES string of the molecule is CCC(NCc1ccccc1)c1ccccc1S(=O)(=O)c1ccc(O)cc1. The topological polar surface area (TPSA) is 66.4 Å². The molecule has 3 aromatic rings. The Morgan fingerprint density at radius 2 is 1.52 bits per heavy atom.